The van der Waals surface area contributed by atoms with Crippen LogP contribution in [0.3, 0.4) is 0 Å². The fourth-order valence-electron chi connectivity index (χ4n) is 1.70. The third-order valence-electron chi connectivity index (χ3n) is 2.75. The van der Waals surface area contributed by atoms with Crippen molar-refractivity contribution >= 4 is 46.5 Å². The van der Waals surface area contributed by atoms with Crippen LogP contribution in [-0.2, 0) is 0 Å². The first kappa shape index (κ1) is 16.2. The summed E-state index contributed by atoms with van der Waals surface area (Å²) in [5.41, 5.74) is 1.01. The lowest BCUT2D eigenvalue weighted by Gasteiger charge is -2.10. The van der Waals surface area contributed by atoms with Crippen LogP contribution in [0.1, 0.15) is 0 Å². The molecule has 2 aromatic carbocycles. The van der Waals surface area contributed by atoms with E-state index in [1.54, 1.807) is 11.8 Å². The van der Waals surface area contributed by atoms with Gasteiger partial charge in [0, 0.05) is 27.8 Å². The van der Waals surface area contributed by atoms with E-state index < -0.39 is 0 Å². The Morgan fingerprint density at radius 2 is 1.71 bits per heavy atom. The minimum absolute atomic E-state index is 0.667. The zero-order valence-electron chi connectivity index (χ0n) is 11.8. The Balaban J connectivity index is 1.67. The number of hydrogen-bond donors (Lipinski definition) is 2. The molecule has 0 saturated carbocycles. The van der Waals surface area contributed by atoms with E-state index in [2.05, 4.69) is 53.3 Å². The van der Waals surface area contributed by atoms with Gasteiger partial charge in [0.05, 0.1) is 0 Å². The SMILES string of the molecule is CSc1ccc(NC(=S)NCCSc2ccccc2)cc1. The average molecular weight is 335 g/mol. The number of benzene rings is 2. The lowest BCUT2D eigenvalue weighted by atomic mass is 10.3. The van der Waals surface area contributed by atoms with Crippen molar-refractivity contribution in [1.82, 2.24) is 5.32 Å². The lowest BCUT2D eigenvalue weighted by molar-refractivity contribution is 0.990. The number of thioether (sulfide) groups is 2. The van der Waals surface area contributed by atoms with Crippen LogP contribution in [0, 0.1) is 0 Å². The van der Waals surface area contributed by atoms with Crippen molar-refractivity contribution in [3.05, 3.63) is 54.6 Å². The zero-order chi connectivity index (χ0) is 14.9. The molecule has 0 radical (unpaired) electrons. The van der Waals surface area contributed by atoms with Gasteiger partial charge in [0.25, 0.3) is 0 Å². The number of nitrogens with one attached hydrogen (secondary N) is 2. The maximum Gasteiger partial charge on any atom is 0.170 e. The zero-order valence-corrected chi connectivity index (χ0v) is 14.3. The number of thiocarbonyl (C=S) groups is 1. The first-order valence-electron chi connectivity index (χ1n) is 6.64. The van der Waals surface area contributed by atoms with Gasteiger partial charge >= 0.3 is 0 Å². The predicted octanol–water partition coefficient (Wildman–Crippen LogP) is 4.49. The van der Waals surface area contributed by atoms with Crippen molar-refractivity contribution in [2.75, 3.05) is 23.9 Å². The second kappa shape index (κ2) is 8.97. The van der Waals surface area contributed by atoms with Gasteiger partial charge in [-0.3, -0.25) is 0 Å². The largest absolute Gasteiger partial charge is 0.362 e. The molecule has 0 heterocycles. The summed E-state index contributed by atoms with van der Waals surface area (Å²) in [6.07, 6.45) is 2.07. The standard InChI is InChI=1S/C16H18N2S3/c1-20-14-9-7-13(8-10-14)18-16(19)17-11-12-21-15-5-3-2-4-6-15/h2-10H,11-12H2,1H3,(H2,17,18,19). The molecule has 110 valence electrons. The molecule has 0 spiro atoms. The highest BCUT2D eigenvalue weighted by Crippen LogP contribution is 2.17. The molecule has 5 heteroatoms. The molecular weight excluding hydrogens is 316 g/mol. The van der Waals surface area contributed by atoms with Crippen molar-refractivity contribution in [2.24, 2.45) is 0 Å². The van der Waals surface area contributed by atoms with Gasteiger partial charge in [0.1, 0.15) is 0 Å². The molecule has 2 N–H and O–H groups in total. The van der Waals surface area contributed by atoms with Crippen LogP contribution in [0.4, 0.5) is 5.69 Å². The number of hydrogen-bond acceptors (Lipinski definition) is 3. The summed E-state index contributed by atoms with van der Waals surface area (Å²) in [7, 11) is 0. The van der Waals surface area contributed by atoms with Crippen LogP contribution in [0.25, 0.3) is 0 Å². The summed E-state index contributed by atoms with van der Waals surface area (Å²) in [5.74, 6) is 0.983. The fourth-order valence-corrected chi connectivity index (χ4v) is 3.12. The molecule has 2 aromatic rings. The van der Waals surface area contributed by atoms with Crippen LogP contribution in [0.5, 0.6) is 0 Å². The third kappa shape index (κ3) is 5.99. The van der Waals surface area contributed by atoms with Gasteiger partial charge in [-0.05, 0) is 54.9 Å². The highest BCUT2D eigenvalue weighted by molar-refractivity contribution is 7.99. The molecule has 0 aliphatic carbocycles. The summed E-state index contributed by atoms with van der Waals surface area (Å²) in [5, 5.41) is 7.09. The summed E-state index contributed by atoms with van der Waals surface area (Å²) in [4.78, 5) is 2.53. The van der Waals surface area contributed by atoms with Gasteiger partial charge in [0.15, 0.2) is 5.11 Å². The molecule has 0 aliphatic rings. The Hall–Kier alpha value is -1.17. The van der Waals surface area contributed by atoms with E-state index in [-0.39, 0.29) is 0 Å². The maximum absolute atomic E-state index is 5.29. The van der Waals surface area contributed by atoms with Gasteiger partial charge in [-0.25, -0.2) is 0 Å². The van der Waals surface area contributed by atoms with Crippen LogP contribution < -0.4 is 10.6 Å². The Labute approximate surface area is 140 Å². The van der Waals surface area contributed by atoms with Crippen LogP contribution in [0.15, 0.2) is 64.4 Å². The fraction of sp³-hybridized carbons (Fsp3) is 0.188. The highest BCUT2D eigenvalue weighted by Gasteiger charge is 1.98. The second-order valence-corrected chi connectivity index (χ2v) is 6.73. The molecule has 0 saturated heterocycles. The Morgan fingerprint density at radius 3 is 2.38 bits per heavy atom. The van der Waals surface area contributed by atoms with Crippen molar-refractivity contribution < 1.29 is 0 Å². The van der Waals surface area contributed by atoms with Crippen molar-refractivity contribution in [2.45, 2.75) is 9.79 Å². The average Bonchev–Trinajstić information content (AvgIpc) is 2.53. The summed E-state index contributed by atoms with van der Waals surface area (Å²) >= 11 is 8.84. The second-order valence-electron chi connectivity index (χ2n) is 4.27. The van der Waals surface area contributed by atoms with E-state index in [0.29, 0.717) is 5.11 Å². The predicted molar refractivity (Wildman–Crippen MR) is 99.6 cm³/mol. The highest BCUT2D eigenvalue weighted by atomic mass is 32.2. The van der Waals surface area contributed by atoms with Gasteiger partial charge < -0.3 is 10.6 Å². The molecule has 21 heavy (non-hydrogen) atoms. The third-order valence-corrected chi connectivity index (χ3v) is 4.75. The molecule has 0 atom stereocenters. The minimum atomic E-state index is 0.667. The monoisotopic (exact) mass is 334 g/mol. The van der Waals surface area contributed by atoms with Crippen LogP contribution >= 0.6 is 35.7 Å². The molecule has 0 aliphatic heterocycles. The molecule has 0 aromatic heterocycles. The smallest absolute Gasteiger partial charge is 0.170 e. The molecule has 2 nitrogen and oxygen atoms in total. The van der Waals surface area contributed by atoms with Crippen molar-refractivity contribution in [3.8, 4) is 0 Å². The summed E-state index contributed by atoms with van der Waals surface area (Å²) in [6, 6.07) is 18.6. The Morgan fingerprint density at radius 1 is 1.00 bits per heavy atom. The van der Waals surface area contributed by atoms with Crippen molar-refractivity contribution in [3.63, 3.8) is 0 Å². The van der Waals surface area contributed by atoms with E-state index in [1.807, 2.05) is 30.0 Å². The quantitative estimate of drug-likeness (QED) is 0.461. The minimum Gasteiger partial charge on any atom is -0.362 e. The van der Waals surface area contributed by atoms with Gasteiger partial charge in [0.2, 0.25) is 0 Å². The summed E-state index contributed by atoms with van der Waals surface area (Å²) < 4.78 is 0. The van der Waals surface area contributed by atoms with Gasteiger partial charge in [-0.15, -0.1) is 23.5 Å². The molecule has 0 bridgehead atoms. The first-order chi connectivity index (χ1) is 10.3. The number of anilines is 1. The molecular formula is C16H18N2S3. The molecule has 0 unspecified atom stereocenters. The normalized spacial score (nSPS) is 10.1. The van der Waals surface area contributed by atoms with Gasteiger partial charge in [-0.2, -0.15) is 0 Å². The van der Waals surface area contributed by atoms with E-state index in [1.165, 1.54) is 9.79 Å². The van der Waals surface area contributed by atoms with Crippen molar-refractivity contribution in [1.29, 1.82) is 0 Å². The first-order valence-corrected chi connectivity index (χ1v) is 9.26. The van der Waals surface area contributed by atoms with Crippen LogP contribution in [0.2, 0.25) is 0 Å². The van der Waals surface area contributed by atoms with E-state index in [9.17, 15) is 0 Å². The molecule has 2 rings (SSSR count). The van der Waals surface area contributed by atoms with E-state index in [4.69, 9.17) is 12.2 Å². The van der Waals surface area contributed by atoms with E-state index >= 15 is 0 Å². The lowest BCUT2D eigenvalue weighted by Crippen LogP contribution is -2.30. The number of rotatable bonds is 6. The van der Waals surface area contributed by atoms with Crippen LogP contribution in [-0.4, -0.2) is 23.7 Å². The summed E-state index contributed by atoms with van der Waals surface area (Å²) in [6.45, 7) is 0.842. The van der Waals surface area contributed by atoms with Gasteiger partial charge in [-0.1, -0.05) is 18.2 Å². The molecule has 0 amide bonds. The molecule has 0 fully saturated rings. The Bertz CT molecular complexity index is 555. The maximum atomic E-state index is 5.29. The topological polar surface area (TPSA) is 24.1 Å². The van der Waals surface area contributed by atoms with E-state index in [0.717, 1.165) is 18.0 Å². The Kier molecular flexibility index (Phi) is 6.92.